The van der Waals surface area contributed by atoms with Gasteiger partial charge in [0.25, 0.3) is 0 Å². The van der Waals surface area contributed by atoms with E-state index in [1.165, 1.54) is 90.7 Å². The van der Waals surface area contributed by atoms with Gasteiger partial charge in [0.2, 0.25) is 0 Å². The van der Waals surface area contributed by atoms with E-state index < -0.39 is 0 Å². The number of hydrogen-bond donors (Lipinski definition) is 0. The quantitative estimate of drug-likeness (QED) is 0.176. The van der Waals surface area contributed by atoms with Crippen LogP contribution in [0.25, 0.3) is 74.3 Å². The normalized spacial score (nSPS) is 12.1. The Hall–Kier alpha value is -4.08. The number of benzene rings is 5. The average Bonchev–Trinajstić information content (AvgIpc) is 3.00. The fourth-order valence-electron chi connectivity index (χ4n) is 5.47. The zero-order chi connectivity index (χ0) is 25.1. The Kier molecular flexibility index (Phi) is 5.05. The summed E-state index contributed by atoms with van der Waals surface area (Å²) in [6, 6.07) is 49.7. The fraction of sp³-hybridized carbons (Fsp3) is 0. The van der Waals surface area contributed by atoms with E-state index >= 15 is 0 Å². The van der Waals surface area contributed by atoms with Crippen LogP contribution in [0, 0.1) is 0 Å². The second-order valence-electron chi connectivity index (χ2n) is 9.91. The lowest BCUT2D eigenvalue weighted by Gasteiger charge is -2.05. The first-order valence-electron chi connectivity index (χ1n) is 12.9. The van der Waals surface area contributed by atoms with Crippen LogP contribution in [-0.2, 0) is 0 Å². The van der Waals surface area contributed by atoms with Crippen molar-refractivity contribution in [3.8, 4) is 0 Å². The van der Waals surface area contributed by atoms with E-state index in [1.807, 2.05) is 0 Å². The lowest BCUT2D eigenvalue weighted by Crippen LogP contribution is -1.75. The third-order valence-electron chi connectivity index (χ3n) is 7.65. The van der Waals surface area contributed by atoms with Crippen molar-refractivity contribution in [3.63, 3.8) is 0 Å². The zero-order valence-electron chi connectivity index (χ0n) is 20.6. The van der Waals surface area contributed by atoms with E-state index in [1.54, 1.807) is 0 Å². The molecule has 15 rings (SSSR count). The van der Waals surface area contributed by atoms with Crippen molar-refractivity contribution in [2.75, 3.05) is 0 Å². The van der Waals surface area contributed by atoms with Gasteiger partial charge in [-0.25, -0.2) is 0 Å². The van der Waals surface area contributed by atoms with Gasteiger partial charge in [-0.3, -0.25) is 0 Å². The molecule has 0 aliphatic carbocycles. The van der Waals surface area contributed by atoms with Crippen molar-refractivity contribution in [2.24, 2.45) is 0 Å². The Bertz CT molecular complexity index is 2050. The maximum Gasteiger partial charge on any atom is 0.0221 e. The van der Waals surface area contributed by atoms with Crippen LogP contribution in [0.15, 0.2) is 133 Å². The van der Waals surface area contributed by atoms with Crippen molar-refractivity contribution in [1.82, 2.24) is 0 Å². The summed E-state index contributed by atoms with van der Waals surface area (Å²) in [6.07, 6.45) is 0. The van der Waals surface area contributed by atoms with Crippen LogP contribution in [0.5, 0.6) is 0 Å². The van der Waals surface area contributed by atoms with E-state index in [0.29, 0.717) is 0 Å². The fourth-order valence-corrected chi connectivity index (χ4v) is 8.13. The molecule has 5 aromatic carbocycles. The maximum absolute atomic E-state index is 2.29. The van der Waals surface area contributed by atoms with Gasteiger partial charge >= 0.3 is 0 Å². The highest BCUT2D eigenvalue weighted by atomic mass is 31.0. The summed E-state index contributed by atoms with van der Waals surface area (Å²) in [4.78, 5) is 0. The smallest absolute Gasteiger partial charge is 0.0221 e. The predicted molar refractivity (Wildman–Crippen MR) is 172 cm³/mol. The van der Waals surface area contributed by atoms with Gasteiger partial charge in [0.05, 0.1) is 0 Å². The Balaban J connectivity index is 1.51. The summed E-state index contributed by atoms with van der Waals surface area (Å²) < 4.78 is 0. The predicted octanol–water partition coefficient (Wildman–Crippen LogP) is 12.0. The minimum Gasteiger partial charge on any atom is -0.0581 e. The van der Waals surface area contributed by atoms with Gasteiger partial charge in [0, 0.05) is 20.5 Å². The number of hydrogen-bond acceptors (Lipinski definition) is 0. The van der Waals surface area contributed by atoms with Crippen LogP contribution in [0.4, 0.5) is 0 Å². The van der Waals surface area contributed by atoms with Crippen molar-refractivity contribution in [2.45, 2.75) is 0 Å². The van der Waals surface area contributed by atoms with Gasteiger partial charge in [0.1, 0.15) is 0 Å². The molecule has 0 fully saturated rings. The molecule has 0 unspecified atom stereocenters. The summed E-state index contributed by atoms with van der Waals surface area (Å²) >= 11 is 0. The molecular formula is C36H22P2. The van der Waals surface area contributed by atoms with Gasteiger partial charge in [-0.15, -0.1) is 0 Å². The Morgan fingerprint density at radius 3 is 0.711 bits per heavy atom. The van der Waals surface area contributed by atoms with Crippen molar-refractivity contribution in [1.29, 1.82) is 0 Å². The lowest BCUT2D eigenvalue weighted by molar-refractivity contribution is 1.79. The molecule has 0 radical (unpaired) electrons. The molecule has 0 atom stereocenters. The largest absolute Gasteiger partial charge is 0.0581 e. The van der Waals surface area contributed by atoms with E-state index in [-0.39, 0.29) is 0 Å². The third kappa shape index (κ3) is 3.69. The Labute approximate surface area is 223 Å². The zero-order valence-corrected chi connectivity index (χ0v) is 22.4. The summed E-state index contributed by atoms with van der Waals surface area (Å²) in [6.45, 7) is 0. The van der Waals surface area contributed by atoms with Gasteiger partial charge in [0.15, 0.2) is 0 Å². The first kappa shape index (κ1) is 22.0. The first-order chi connectivity index (χ1) is 18.8. The van der Waals surface area contributed by atoms with E-state index in [9.17, 15) is 0 Å². The van der Waals surface area contributed by atoms with Crippen molar-refractivity contribution < 1.29 is 0 Å². The second kappa shape index (κ2) is 8.75. The molecule has 15 aromatic rings. The summed E-state index contributed by atoms with van der Waals surface area (Å²) in [5, 5.41) is 18.3. The highest BCUT2D eigenvalue weighted by Gasteiger charge is 2.04. The first-order valence-corrected chi connectivity index (χ1v) is 14.7. The molecule has 10 aromatic heterocycles. The molecule has 10 heterocycles. The van der Waals surface area contributed by atoms with Crippen LogP contribution in [0.2, 0.25) is 0 Å². The van der Waals surface area contributed by atoms with Crippen LogP contribution < -0.4 is 0 Å². The van der Waals surface area contributed by atoms with E-state index in [2.05, 4.69) is 133 Å². The van der Waals surface area contributed by atoms with Gasteiger partial charge in [-0.2, -0.15) is 0 Å². The summed E-state index contributed by atoms with van der Waals surface area (Å²) in [7, 11) is 2.56. The highest BCUT2D eigenvalue weighted by molar-refractivity contribution is 7.49. The van der Waals surface area contributed by atoms with Crippen LogP contribution in [-0.4, -0.2) is 0 Å². The van der Waals surface area contributed by atoms with Gasteiger partial charge in [-0.1, -0.05) is 138 Å². The average molecular weight is 517 g/mol. The van der Waals surface area contributed by atoms with E-state index in [4.69, 9.17) is 0 Å². The molecular weight excluding hydrogens is 494 g/mol. The van der Waals surface area contributed by atoms with Crippen molar-refractivity contribution >= 4 is 90.7 Å². The summed E-state index contributed by atoms with van der Waals surface area (Å²) in [5.41, 5.74) is 0. The van der Waals surface area contributed by atoms with E-state index in [0.717, 1.165) is 0 Å². The molecule has 0 spiro atoms. The molecule has 0 saturated carbocycles. The lowest BCUT2D eigenvalue weighted by atomic mass is 10.1. The maximum atomic E-state index is 2.29. The molecule has 0 N–H and O–H groups in total. The molecule has 0 aliphatic rings. The minimum absolute atomic E-state index is 1.24. The van der Waals surface area contributed by atoms with Crippen molar-refractivity contribution in [3.05, 3.63) is 133 Å². The Morgan fingerprint density at radius 2 is 0.421 bits per heavy atom. The van der Waals surface area contributed by atoms with Gasteiger partial charge < -0.3 is 0 Å². The van der Waals surface area contributed by atoms with Crippen LogP contribution in [0.3, 0.4) is 0 Å². The summed E-state index contributed by atoms with van der Waals surface area (Å²) in [5.74, 6) is 0. The molecule has 176 valence electrons. The topological polar surface area (TPSA) is 0 Å². The molecule has 0 aliphatic heterocycles. The molecule has 0 nitrogen and oxygen atoms in total. The van der Waals surface area contributed by atoms with Gasteiger partial charge in [-0.05, 0) is 66.0 Å². The number of rotatable bonds is 0. The molecule has 38 heavy (non-hydrogen) atoms. The second-order valence-corrected chi connectivity index (χ2v) is 12.2. The highest BCUT2D eigenvalue weighted by Crippen LogP contribution is 2.41. The monoisotopic (exact) mass is 516 g/mol. The standard InChI is InChI=1S/C36H22P2/c1-5-25-6-2-23(1)24-3-7-26(8-4-24)28-11-15-30(16-12-28)34-22-20-32-18-17-31-19-21-33(37-35(31)36(32)38-34)29-13-9-27(25)10-14-29/h1-22H. The Morgan fingerprint density at radius 1 is 0.211 bits per heavy atom. The molecule has 0 amide bonds. The van der Waals surface area contributed by atoms with Crippen LogP contribution >= 0.6 is 16.4 Å². The van der Waals surface area contributed by atoms with Crippen LogP contribution in [0.1, 0.15) is 0 Å². The molecule has 12 bridgehead atoms. The third-order valence-corrected chi connectivity index (χ3v) is 10.5. The molecule has 2 heteroatoms. The molecule has 0 saturated heterocycles. The SMILES string of the molecule is c1cc2ccc1c1ccc(cc1)c1ccc(cc1)c1ccc3ccc4ccc(pc4c3p1)c1ccc2cc1. The minimum atomic E-state index is 1.24.